The van der Waals surface area contributed by atoms with Crippen LogP contribution in [0.15, 0.2) is 18.2 Å². The molecule has 0 heterocycles. The van der Waals surface area contributed by atoms with E-state index in [0.717, 1.165) is 12.5 Å². The molecule has 0 radical (unpaired) electrons. The van der Waals surface area contributed by atoms with Crippen LogP contribution in [0.3, 0.4) is 0 Å². The van der Waals surface area contributed by atoms with Crippen molar-refractivity contribution in [3.8, 4) is 0 Å². The van der Waals surface area contributed by atoms with E-state index >= 15 is 0 Å². The van der Waals surface area contributed by atoms with Gasteiger partial charge in [0.25, 0.3) is 0 Å². The highest BCUT2D eigenvalue weighted by atomic mass is 19.2. The third-order valence-corrected chi connectivity index (χ3v) is 2.22. The van der Waals surface area contributed by atoms with E-state index in [1.165, 1.54) is 6.07 Å². The Morgan fingerprint density at radius 2 is 2.00 bits per heavy atom. The summed E-state index contributed by atoms with van der Waals surface area (Å²) in [5.74, 6) is -1.50. The summed E-state index contributed by atoms with van der Waals surface area (Å²) in [6.45, 7) is 0. The minimum Gasteiger partial charge on any atom is -0.327 e. The van der Waals surface area contributed by atoms with E-state index in [-0.39, 0.29) is 12.0 Å². The Hall–Kier alpha value is -0.960. The highest BCUT2D eigenvalue weighted by Gasteiger charge is 2.37. The molecule has 0 aliphatic heterocycles. The Kier molecular flexibility index (Phi) is 1.61. The Bertz CT molecular complexity index is 311. The molecule has 0 spiro atoms. The largest absolute Gasteiger partial charge is 0.327 e. The first kappa shape index (κ1) is 7.68. The molecule has 64 valence electrons. The van der Waals surface area contributed by atoms with Crippen molar-refractivity contribution < 1.29 is 8.78 Å². The average molecular weight is 169 g/mol. The topological polar surface area (TPSA) is 26.0 Å². The van der Waals surface area contributed by atoms with E-state index in [1.807, 2.05) is 0 Å². The second kappa shape index (κ2) is 2.52. The van der Waals surface area contributed by atoms with Crippen LogP contribution < -0.4 is 5.73 Å². The van der Waals surface area contributed by atoms with Gasteiger partial charge in [-0.3, -0.25) is 0 Å². The molecule has 1 aliphatic carbocycles. The summed E-state index contributed by atoms with van der Waals surface area (Å²) in [6.07, 6.45) is 0.764. The lowest BCUT2D eigenvalue weighted by Gasteiger charge is -2.00. The van der Waals surface area contributed by atoms with Gasteiger partial charge in [-0.2, -0.15) is 0 Å². The first-order valence-corrected chi connectivity index (χ1v) is 3.89. The first-order valence-electron chi connectivity index (χ1n) is 3.89. The fourth-order valence-electron chi connectivity index (χ4n) is 1.38. The van der Waals surface area contributed by atoms with Gasteiger partial charge in [0.15, 0.2) is 11.6 Å². The van der Waals surface area contributed by atoms with Crippen molar-refractivity contribution in [2.24, 2.45) is 5.73 Å². The van der Waals surface area contributed by atoms with Crippen molar-refractivity contribution in [3.63, 3.8) is 0 Å². The van der Waals surface area contributed by atoms with E-state index in [1.54, 1.807) is 6.07 Å². The van der Waals surface area contributed by atoms with E-state index in [2.05, 4.69) is 0 Å². The van der Waals surface area contributed by atoms with Crippen LogP contribution in [-0.4, -0.2) is 6.04 Å². The summed E-state index contributed by atoms with van der Waals surface area (Å²) in [4.78, 5) is 0. The van der Waals surface area contributed by atoms with Crippen LogP contribution in [-0.2, 0) is 0 Å². The molecule has 12 heavy (non-hydrogen) atoms. The van der Waals surface area contributed by atoms with Crippen molar-refractivity contribution in [2.45, 2.75) is 18.4 Å². The zero-order valence-corrected chi connectivity index (χ0v) is 6.43. The number of hydrogen-bond acceptors (Lipinski definition) is 1. The van der Waals surface area contributed by atoms with Gasteiger partial charge >= 0.3 is 0 Å². The van der Waals surface area contributed by atoms with Gasteiger partial charge in [-0.05, 0) is 18.1 Å². The van der Waals surface area contributed by atoms with Crippen molar-refractivity contribution >= 4 is 0 Å². The zero-order valence-electron chi connectivity index (χ0n) is 6.43. The molecule has 3 heteroatoms. The van der Waals surface area contributed by atoms with Crippen molar-refractivity contribution in [3.05, 3.63) is 35.4 Å². The van der Waals surface area contributed by atoms with E-state index < -0.39 is 11.6 Å². The van der Waals surface area contributed by atoms with Gasteiger partial charge in [0.1, 0.15) is 0 Å². The van der Waals surface area contributed by atoms with Gasteiger partial charge in [-0.15, -0.1) is 0 Å². The van der Waals surface area contributed by atoms with E-state index in [9.17, 15) is 8.78 Å². The summed E-state index contributed by atoms with van der Waals surface area (Å²) in [7, 11) is 0. The van der Waals surface area contributed by atoms with Crippen molar-refractivity contribution in [1.82, 2.24) is 0 Å². The summed E-state index contributed by atoms with van der Waals surface area (Å²) in [5, 5.41) is 0. The van der Waals surface area contributed by atoms with Crippen molar-refractivity contribution in [2.75, 3.05) is 0 Å². The molecule has 1 fully saturated rings. The maximum absolute atomic E-state index is 13.0. The Morgan fingerprint density at radius 1 is 1.33 bits per heavy atom. The monoisotopic (exact) mass is 169 g/mol. The summed E-state index contributed by atoms with van der Waals surface area (Å²) in [6, 6.07) is 4.24. The predicted octanol–water partition coefficient (Wildman–Crippen LogP) is 1.78. The van der Waals surface area contributed by atoms with Gasteiger partial charge in [-0.1, -0.05) is 12.1 Å². The summed E-state index contributed by atoms with van der Waals surface area (Å²) >= 11 is 0. The molecule has 0 amide bonds. The predicted molar refractivity (Wildman–Crippen MR) is 41.7 cm³/mol. The molecule has 1 saturated carbocycles. The average Bonchev–Trinajstić information content (AvgIpc) is 2.73. The lowest BCUT2D eigenvalue weighted by molar-refractivity contribution is 0.498. The fourth-order valence-corrected chi connectivity index (χ4v) is 1.38. The van der Waals surface area contributed by atoms with Crippen LogP contribution in [0.25, 0.3) is 0 Å². The molecule has 2 N–H and O–H groups in total. The highest BCUT2D eigenvalue weighted by Crippen LogP contribution is 2.40. The van der Waals surface area contributed by atoms with Gasteiger partial charge in [0.2, 0.25) is 0 Å². The number of rotatable bonds is 1. The smallest absolute Gasteiger partial charge is 0.162 e. The number of benzene rings is 1. The van der Waals surface area contributed by atoms with Crippen LogP contribution in [0, 0.1) is 11.6 Å². The van der Waals surface area contributed by atoms with Crippen LogP contribution in [0.5, 0.6) is 0 Å². The third kappa shape index (κ3) is 1.10. The van der Waals surface area contributed by atoms with Crippen molar-refractivity contribution in [1.29, 1.82) is 0 Å². The summed E-state index contributed by atoms with van der Waals surface area (Å²) in [5.41, 5.74) is 5.95. The van der Waals surface area contributed by atoms with Crippen LogP contribution in [0.2, 0.25) is 0 Å². The van der Waals surface area contributed by atoms with Gasteiger partial charge in [0, 0.05) is 12.0 Å². The zero-order chi connectivity index (χ0) is 8.72. The molecular formula is C9H9F2N. The SMILES string of the molecule is N[C@@H]1C[C@H]1c1cccc(F)c1F. The standard InChI is InChI=1S/C9H9F2N/c10-7-3-1-2-5(9(7)11)6-4-8(6)12/h1-3,6,8H,4,12H2/t6-,8+/m0/s1. The molecule has 0 saturated heterocycles. The van der Waals surface area contributed by atoms with Crippen LogP contribution in [0.1, 0.15) is 17.9 Å². The Labute approximate surface area is 69.2 Å². The quantitative estimate of drug-likeness (QED) is 0.681. The molecule has 0 unspecified atom stereocenters. The first-order chi connectivity index (χ1) is 5.70. The van der Waals surface area contributed by atoms with Gasteiger partial charge in [-0.25, -0.2) is 8.78 Å². The second-order valence-corrected chi connectivity index (χ2v) is 3.15. The second-order valence-electron chi connectivity index (χ2n) is 3.15. The summed E-state index contributed by atoms with van der Waals surface area (Å²) < 4.78 is 25.7. The van der Waals surface area contributed by atoms with E-state index in [0.29, 0.717) is 5.56 Å². The maximum Gasteiger partial charge on any atom is 0.162 e. The molecule has 0 aromatic heterocycles. The van der Waals surface area contributed by atoms with Crippen LogP contribution in [0.4, 0.5) is 8.78 Å². The van der Waals surface area contributed by atoms with Gasteiger partial charge in [0.05, 0.1) is 0 Å². The lowest BCUT2D eigenvalue weighted by Crippen LogP contribution is -2.03. The highest BCUT2D eigenvalue weighted by molar-refractivity contribution is 5.29. The Morgan fingerprint density at radius 3 is 2.58 bits per heavy atom. The Balaban J connectivity index is 2.38. The molecule has 2 rings (SSSR count). The minimum absolute atomic E-state index is 0.0151. The lowest BCUT2D eigenvalue weighted by atomic mass is 10.1. The number of hydrogen-bond donors (Lipinski definition) is 1. The molecule has 1 aliphatic rings. The number of halogens is 2. The third-order valence-electron chi connectivity index (χ3n) is 2.22. The molecule has 0 bridgehead atoms. The normalized spacial score (nSPS) is 27.2. The van der Waals surface area contributed by atoms with Crippen LogP contribution >= 0.6 is 0 Å². The molecule has 2 atom stereocenters. The molecule has 1 nitrogen and oxygen atoms in total. The van der Waals surface area contributed by atoms with Gasteiger partial charge < -0.3 is 5.73 Å². The minimum atomic E-state index is -0.786. The molecular weight excluding hydrogens is 160 g/mol. The van der Waals surface area contributed by atoms with E-state index in [4.69, 9.17) is 5.73 Å². The number of nitrogens with two attached hydrogens (primary N) is 1. The molecule has 1 aromatic carbocycles. The molecule has 1 aromatic rings. The fraction of sp³-hybridized carbons (Fsp3) is 0.333. The maximum atomic E-state index is 13.0.